The fraction of sp³-hybridized carbons (Fsp3) is 0.737. The summed E-state index contributed by atoms with van der Waals surface area (Å²) in [5, 5.41) is 24.6. The maximum atomic E-state index is 13.2. The van der Waals surface area contributed by atoms with E-state index in [9.17, 15) is 24.6 Å². The Hall–Kier alpha value is -0.890. The first-order chi connectivity index (χ1) is 12.7. The van der Waals surface area contributed by atoms with Gasteiger partial charge >= 0.3 is 0 Å². The first-order valence-electron chi connectivity index (χ1n) is 9.30. The lowest BCUT2D eigenvalue weighted by molar-refractivity contribution is -0.142. The molecule has 1 aliphatic carbocycles. The number of Topliss-reactive ketones (excluding diaryl/α,β-unsaturated/α-hetero) is 1. The number of amides is 1. The van der Waals surface area contributed by atoms with Gasteiger partial charge in [-0.25, -0.2) is 0 Å². The number of alkyl halides is 1. The second-order valence-electron chi connectivity index (χ2n) is 7.53. The highest BCUT2D eigenvalue weighted by Crippen LogP contribution is 2.46. The third-order valence-corrected chi connectivity index (χ3v) is 6.87. The molecule has 5 atom stereocenters. The van der Waals surface area contributed by atoms with Crippen LogP contribution in [0, 0.1) is 11.8 Å². The predicted molar refractivity (Wildman–Crippen MR) is 106 cm³/mol. The summed E-state index contributed by atoms with van der Waals surface area (Å²) in [6, 6.07) is 0. The van der Waals surface area contributed by atoms with E-state index in [2.05, 4.69) is 5.32 Å². The minimum atomic E-state index is -1.84. The molecule has 1 amide bonds. The van der Waals surface area contributed by atoms with E-state index in [4.69, 9.17) is 11.6 Å². The summed E-state index contributed by atoms with van der Waals surface area (Å²) in [5.74, 6) is -1.40. The molecule has 0 saturated carbocycles. The second-order valence-corrected chi connectivity index (χ2v) is 8.98. The monoisotopic (exact) mass is 417 g/mol. The van der Waals surface area contributed by atoms with Gasteiger partial charge in [0.15, 0.2) is 5.54 Å². The molecule has 0 aromatic rings. The number of hydrogen-bond acceptors (Lipinski definition) is 6. The zero-order chi connectivity index (χ0) is 20.2. The third-order valence-electron chi connectivity index (χ3n) is 5.66. The molecule has 27 heavy (non-hydrogen) atoms. The van der Waals surface area contributed by atoms with Crippen LogP contribution in [-0.4, -0.2) is 55.9 Å². The molecule has 2 aliphatic rings. The van der Waals surface area contributed by atoms with E-state index < -0.39 is 34.2 Å². The predicted octanol–water partition coefficient (Wildman–Crippen LogP) is 1.81. The summed E-state index contributed by atoms with van der Waals surface area (Å²) in [7, 11) is 0. The van der Waals surface area contributed by atoms with Gasteiger partial charge in [-0.15, -0.1) is 11.6 Å². The molecule has 0 unspecified atom stereocenters. The molecule has 6 nitrogen and oxygen atoms in total. The van der Waals surface area contributed by atoms with Crippen LogP contribution in [0.4, 0.5) is 0 Å². The van der Waals surface area contributed by atoms with Crippen LogP contribution in [0.15, 0.2) is 12.2 Å². The average Bonchev–Trinajstić information content (AvgIpc) is 2.82. The van der Waals surface area contributed by atoms with Crippen molar-refractivity contribution in [3.63, 3.8) is 0 Å². The van der Waals surface area contributed by atoms with Gasteiger partial charge in [0.1, 0.15) is 11.4 Å². The molecule has 152 valence electrons. The van der Waals surface area contributed by atoms with Crippen molar-refractivity contribution in [2.45, 2.75) is 63.2 Å². The maximum Gasteiger partial charge on any atom is 0.227 e. The number of carbonyl (C=O) groups excluding carboxylic acids is 3. The molecule has 1 aliphatic heterocycles. The zero-order valence-electron chi connectivity index (χ0n) is 15.7. The summed E-state index contributed by atoms with van der Waals surface area (Å²) < 4.78 is 0. The van der Waals surface area contributed by atoms with Crippen LogP contribution in [0.3, 0.4) is 0 Å². The Morgan fingerprint density at radius 1 is 1.48 bits per heavy atom. The zero-order valence-corrected chi connectivity index (χ0v) is 17.3. The van der Waals surface area contributed by atoms with Crippen LogP contribution in [0.5, 0.6) is 0 Å². The van der Waals surface area contributed by atoms with Crippen LogP contribution in [0.1, 0.15) is 46.0 Å². The summed E-state index contributed by atoms with van der Waals surface area (Å²) in [6.45, 7) is 2.85. The van der Waals surface area contributed by atoms with Crippen LogP contribution in [0.25, 0.3) is 0 Å². The minimum absolute atomic E-state index is 0.0534. The summed E-state index contributed by atoms with van der Waals surface area (Å²) in [4.78, 5) is 37.0. The van der Waals surface area contributed by atoms with Gasteiger partial charge in [-0.05, 0) is 39.5 Å². The summed E-state index contributed by atoms with van der Waals surface area (Å²) >= 11 is 6.67. The Morgan fingerprint density at radius 3 is 2.74 bits per heavy atom. The number of halogens is 1. The number of allylic oxidation sites excluding steroid dienone is 1. The number of thioether (sulfide) groups is 1. The SMILES string of the molecule is CC(=O)CCSC(=O)[C@]1([C@@H](O)[C@@H]2C=CCCC2)NC(=O)[C@H](CCCl)[C@]1(C)O. The first kappa shape index (κ1) is 22.4. The number of nitrogens with one attached hydrogen (secondary N) is 1. The molecule has 0 aromatic heterocycles. The van der Waals surface area contributed by atoms with E-state index in [0.717, 1.165) is 24.6 Å². The van der Waals surface area contributed by atoms with Gasteiger partial charge in [0, 0.05) is 24.0 Å². The van der Waals surface area contributed by atoms with Crippen molar-refractivity contribution in [1.82, 2.24) is 5.32 Å². The Bertz CT molecular complexity index is 623. The average molecular weight is 418 g/mol. The van der Waals surface area contributed by atoms with Crippen molar-refractivity contribution in [1.29, 1.82) is 0 Å². The standard InChI is InChI=1S/C19H28ClNO5S/c1-12(22)9-11-27-17(25)19(15(23)13-6-4-3-5-7-13)18(2,26)14(8-10-20)16(24)21-19/h4,6,13-15,23,26H,3,5,7-11H2,1-2H3,(H,21,24)/t13-,14+,15+,18+,19+/m1/s1. The van der Waals surface area contributed by atoms with Gasteiger partial charge in [0.2, 0.25) is 11.0 Å². The second kappa shape index (κ2) is 9.07. The molecule has 1 heterocycles. The van der Waals surface area contributed by atoms with Crippen LogP contribution in [-0.2, 0) is 14.4 Å². The lowest BCUT2D eigenvalue weighted by Crippen LogP contribution is -2.69. The molecule has 1 fully saturated rings. The van der Waals surface area contributed by atoms with E-state index in [0.29, 0.717) is 6.42 Å². The molecular formula is C19H28ClNO5S. The van der Waals surface area contributed by atoms with Crippen molar-refractivity contribution in [3.8, 4) is 0 Å². The number of carbonyl (C=O) groups is 3. The number of hydrogen-bond donors (Lipinski definition) is 3. The van der Waals surface area contributed by atoms with Crippen LogP contribution < -0.4 is 5.32 Å². The lowest BCUT2D eigenvalue weighted by Gasteiger charge is -2.45. The van der Waals surface area contributed by atoms with Gasteiger partial charge in [0.25, 0.3) is 0 Å². The fourth-order valence-electron chi connectivity index (χ4n) is 4.04. The van der Waals surface area contributed by atoms with Gasteiger partial charge in [0.05, 0.1) is 12.0 Å². The molecular weight excluding hydrogens is 390 g/mol. The topological polar surface area (TPSA) is 104 Å². The van der Waals surface area contributed by atoms with Gasteiger partial charge in [-0.3, -0.25) is 14.4 Å². The van der Waals surface area contributed by atoms with E-state index >= 15 is 0 Å². The van der Waals surface area contributed by atoms with Crippen molar-refractivity contribution in [2.24, 2.45) is 11.8 Å². The molecule has 0 radical (unpaired) electrons. The highest BCUT2D eigenvalue weighted by molar-refractivity contribution is 8.13. The Labute approximate surface area is 169 Å². The smallest absolute Gasteiger partial charge is 0.227 e. The highest BCUT2D eigenvalue weighted by Gasteiger charge is 2.68. The highest BCUT2D eigenvalue weighted by atomic mass is 35.5. The fourth-order valence-corrected chi connectivity index (χ4v) is 5.43. The summed E-state index contributed by atoms with van der Waals surface area (Å²) in [6.07, 6.45) is 5.34. The minimum Gasteiger partial charge on any atom is -0.389 e. The molecule has 1 saturated heterocycles. The van der Waals surface area contributed by atoms with Crippen molar-refractivity contribution >= 4 is 40.2 Å². The normalized spacial score (nSPS) is 34.3. The van der Waals surface area contributed by atoms with E-state index in [-0.39, 0.29) is 36.2 Å². The van der Waals surface area contributed by atoms with Crippen LogP contribution >= 0.6 is 23.4 Å². The van der Waals surface area contributed by atoms with Gasteiger partial charge < -0.3 is 15.5 Å². The van der Waals surface area contributed by atoms with E-state index in [1.807, 2.05) is 12.2 Å². The number of ketones is 1. The van der Waals surface area contributed by atoms with Gasteiger partial charge in [-0.2, -0.15) is 0 Å². The Kier molecular flexibility index (Phi) is 7.53. The summed E-state index contributed by atoms with van der Waals surface area (Å²) in [5.41, 5.74) is -3.64. The van der Waals surface area contributed by atoms with Crippen molar-refractivity contribution in [3.05, 3.63) is 12.2 Å². The number of aliphatic hydroxyl groups excluding tert-OH is 1. The Balaban J connectivity index is 2.40. The molecule has 0 bridgehead atoms. The Morgan fingerprint density at radius 2 is 2.19 bits per heavy atom. The van der Waals surface area contributed by atoms with Crippen molar-refractivity contribution < 1.29 is 24.6 Å². The number of rotatable bonds is 8. The molecule has 0 aromatic carbocycles. The van der Waals surface area contributed by atoms with Gasteiger partial charge in [-0.1, -0.05) is 23.9 Å². The molecule has 0 spiro atoms. The maximum absolute atomic E-state index is 13.2. The number of aliphatic hydroxyl groups is 2. The molecule has 8 heteroatoms. The van der Waals surface area contributed by atoms with E-state index in [1.54, 1.807) is 0 Å². The lowest BCUT2D eigenvalue weighted by atomic mass is 9.69. The van der Waals surface area contributed by atoms with Crippen molar-refractivity contribution in [2.75, 3.05) is 11.6 Å². The molecule has 3 N–H and O–H groups in total. The quantitative estimate of drug-likeness (QED) is 0.411. The van der Waals surface area contributed by atoms with E-state index in [1.165, 1.54) is 13.8 Å². The third kappa shape index (κ3) is 4.26. The van der Waals surface area contributed by atoms with Crippen LogP contribution in [0.2, 0.25) is 0 Å². The first-order valence-corrected chi connectivity index (χ1v) is 10.8. The molecule has 2 rings (SSSR count). The largest absolute Gasteiger partial charge is 0.389 e.